The number of nitrogens with one attached hydrogen (secondary N) is 1. The van der Waals surface area contributed by atoms with Gasteiger partial charge in [-0.25, -0.2) is 4.98 Å². The van der Waals surface area contributed by atoms with E-state index in [0.717, 1.165) is 32.4 Å². The number of likely N-dealkylation sites (tertiary alicyclic amines) is 1. The minimum atomic E-state index is -5.83. The maximum Gasteiger partial charge on any atom is 0.459 e. The maximum absolute atomic E-state index is 13.7. The van der Waals surface area contributed by atoms with Gasteiger partial charge in [0, 0.05) is 18.2 Å². The van der Waals surface area contributed by atoms with Crippen LogP contribution in [0.2, 0.25) is 0 Å². The molecule has 1 saturated heterocycles. The van der Waals surface area contributed by atoms with Crippen LogP contribution in [0.1, 0.15) is 30.5 Å². The van der Waals surface area contributed by atoms with Gasteiger partial charge in [-0.2, -0.15) is 22.0 Å². The molecule has 9 heteroatoms. The lowest BCUT2D eigenvalue weighted by Gasteiger charge is -2.27. The SMILES string of the molecule is O=c1cc(C(F)(F)C(F)(F)F)nc(-c2ccccc2CN2CCCCC2)[nH]1. The van der Waals surface area contributed by atoms with Gasteiger partial charge in [-0.15, -0.1) is 0 Å². The van der Waals surface area contributed by atoms with Crippen LogP contribution in [-0.4, -0.2) is 34.1 Å². The minimum Gasteiger partial charge on any atom is -0.306 e. The van der Waals surface area contributed by atoms with Gasteiger partial charge in [0.25, 0.3) is 5.56 Å². The van der Waals surface area contributed by atoms with Crippen LogP contribution in [0.3, 0.4) is 0 Å². The quantitative estimate of drug-likeness (QED) is 0.805. The number of H-pyrrole nitrogens is 1. The lowest BCUT2D eigenvalue weighted by molar-refractivity contribution is -0.291. The predicted molar refractivity (Wildman–Crippen MR) is 89.4 cm³/mol. The smallest absolute Gasteiger partial charge is 0.306 e. The van der Waals surface area contributed by atoms with Gasteiger partial charge in [0.05, 0.1) is 0 Å². The van der Waals surface area contributed by atoms with E-state index in [9.17, 15) is 26.7 Å². The standard InChI is InChI=1S/C18H18F5N3O/c19-17(20,18(21,22)23)14-10-15(27)25-16(24-14)13-7-3-2-6-12(13)11-26-8-4-1-5-9-26/h2-3,6-7,10H,1,4-5,8-9,11H2,(H,24,25,27). The number of aromatic amines is 1. The van der Waals surface area contributed by atoms with Crippen molar-refractivity contribution in [2.45, 2.75) is 37.9 Å². The van der Waals surface area contributed by atoms with Crippen LogP contribution in [-0.2, 0) is 12.5 Å². The molecule has 0 saturated carbocycles. The van der Waals surface area contributed by atoms with Crippen molar-refractivity contribution in [3.63, 3.8) is 0 Å². The van der Waals surface area contributed by atoms with E-state index in [4.69, 9.17) is 0 Å². The Balaban J connectivity index is 2.01. The first-order valence-corrected chi connectivity index (χ1v) is 8.55. The largest absolute Gasteiger partial charge is 0.459 e. The number of aromatic nitrogens is 2. The summed E-state index contributed by atoms with van der Waals surface area (Å²) in [5.74, 6) is -5.51. The van der Waals surface area contributed by atoms with Crippen LogP contribution in [0, 0.1) is 0 Å². The van der Waals surface area contributed by atoms with Gasteiger partial charge in [-0.1, -0.05) is 30.7 Å². The van der Waals surface area contributed by atoms with Crippen molar-refractivity contribution in [2.75, 3.05) is 13.1 Å². The molecular weight excluding hydrogens is 369 g/mol. The number of hydrogen-bond acceptors (Lipinski definition) is 3. The summed E-state index contributed by atoms with van der Waals surface area (Å²) >= 11 is 0. The Bertz CT molecular complexity index is 857. The first kappa shape index (κ1) is 19.5. The molecule has 0 unspecified atom stereocenters. The van der Waals surface area contributed by atoms with E-state index in [0.29, 0.717) is 17.7 Å². The van der Waals surface area contributed by atoms with Crippen molar-refractivity contribution in [1.82, 2.24) is 14.9 Å². The number of nitrogens with zero attached hydrogens (tertiary/aromatic N) is 2. The molecule has 146 valence electrons. The molecule has 1 N–H and O–H groups in total. The molecule has 0 aliphatic carbocycles. The Hall–Kier alpha value is -2.29. The van der Waals surface area contributed by atoms with Crippen molar-refractivity contribution >= 4 is 0 Å². The fourth-order valence-corrected chi connectivity index (χ4v) is 3.14. The first-order chi connectivity index (χ1) is 12.7. The summed E-state index contributed by atoms with van der Waals surface area (Å²) in [6.45, 7) is 2.26. The van der Waals surface area contributed by atoms with Gasteiger partial charge in [0.15, 0.2) is 0 Å². The van der Waals surface area contributed by atoms with Crippen LogP contribution < -0.4 is 5.56 Å². The summed E-state index contributed by atoms with van der Waals surface area (Å²) in [4.78, 5) is 19.7. The normalized spacial score (nSPS) is 16.5. The Labute approximate surface area is 152 Å². The number of piperidine rings is 1. The molecule has 0 amide bonds. The molecule has 1 aromatic heterocycles. The van der Waals surface area contributed by atoms with E-state index in [-0.39, 0.29) is 11.9 Å². The minimum absolute atomic E-state index is 0.185. The summed E-state index contributed by atoms with van der Waals surface area (Å²) in [5, 5.41) is 0. The van der Waals surface area contributed by atoms with Gasteiger partial charge in [0.1, 0.15) is 11.5 Å². The van der Waals surface area contributed by atoms with E-state index < -0.39 is 23.4 Å². The molecule has 4 nitrogen and oxygen atoms in total. The number of rotatable bonds is 4. The summed E-state index contributed by atoms with van der Waals surface area (Å²) in [5.41, 5.74) is -1.64. The summed E-state index contributed by atoms with van der Waals surface area (Å²) in [6.07, 6.45) is -2.60. The van der Waals surface area contributed by atoms with Crippen molar-refractivity contribution in [3.8, 4) is 11.4 Å². The number of hydrogen-bond donors (Lipinski definition) is 1. The topological polar surface area (TPSA) is 49.0 Å². The second-order valence-corrected chi connectivity index (χ2v) is 6.55. The lowest BCUT2D eigenvalue weighted by atomic mass is 10.0. The maximum atomic E-state index is 13.7. The van der Waals surface area contributed by atoms with Crippen molar-refractivity contribution in [1.29, 1.82) is 0 Å². The average molecular weight is 387 g/mol. The van der Waals surface area contributed by atoms with Gasteiger partial charge in [-0.3, -0.25) is 9.69 Å². The molecule has 0 radical (unpaired) electrons. The zero-order valence-electron chi connectivity index (χ0n) is 14.3. The lowest BCUT2D eigenvalue weighted by Crippen LogP contribution is -2.36. The third kappa shape index (κ3) is 4.18. The monoisotopic (exact) mass is 387 g/mol. The van der Waals surface area contributed by atoms with Gasteiger partial charge < -0.3 is 4.98 Å². The summed E-state index contributed by atoms with van der Waals surface area (Å²) in [6, 6.07) is 6.84. The zero-order valence-corrected chi connectivity index (χ0v) is 14.3. The Morgan fingerprint density at radius 3 is 2.37 bits per heavy atom. The molecule has 1 aliphatic rings. The molecule has 1 fully saturated rings. The van der Waals surface area contributed by atoms with E-state index in [2.05, 4.69) is 14.9 Å². The molecule has 0 atom stereocenters. The third-order valence-corrected chi connectivity index (χ3v) is 4.53. The molecule has 3 rings (SSSR count). The number of alkyl halides is 5. The van der Waals surface area contributed by atoms with E-state index in [1.807, 2.05) is 0 Å². The highest BCUT2D eigenvalue weighted by molar-refractivity contribution is 5.60. The highest BCUT2D eigenvalue weighted by Crippen LogP contribution is 2.42. The first-order valence-electron chi connectivity index (χ1n) is 8.55. The fourth-order valence-electron chi connectivity index (χ4n) is 3.14. The van der Waals surface area contributed by atoms with Crippen molar-refractivity contribution in [3.05, 3.63) is 51.9 Å². The van der Waals surface area contributed by atoms with E-state index in [1.165, 1.54) is 0 Å². The second kappa shape index (κ2) is 7.38. The third-order valence-electron chi connectivity index (χ3n) is 4.53. The van der Waals surface area contributed by atoms with E-state index in [1.54, 1.807) is 24.3 Å². The fraction of sp³-hybridized carbons (Fsp3) is 0.444. The highest BCUT2D eigenvalue weighted by Gasteiger charge is 2.60. The van der Waals surface area contributed by atoms with Crippen LogP contribution in [0.25, 0.3) is 11.4 Å². The molecule has 1 aromatic carbocycles. The molecule has 0 spiro atoms. The van der Waals surface area contributed by atoms with Crippen LogP contribution in [0.4, 0.5) is 22.0 Å². The van der Waals surface area contributed by atoms with Crippen molar-refractivity contribution < 1.29 is 22.0 Å². The van der Waals surface area contributed by atoms with Gasteiger partial charge in [-0.05, 0) is 31.5 Å². The number of halogens is 5. The summed E-state index contributed by atoms with van der Waals surface area (Å²) in [7, 11) is 0. The average Bonchev–Trinajstić information content (AvgIpc) is 2.61. The van der Waals surface area contributed by atoms with E-state index >= 15 is 0 Å². The Morgan fingerprint density at radius 1 is 1.04 bits per heavy atom. The van der Waals surface area contributed by atoms with Gasteiger partial charge in [0.2, 0.25) is 0 Å². The predicted octanol–water partition coefficient (Wildman–Crippen LogP) is 4.08. The molecule has 2 heterocycles. The van der Waals surface area contributed by atoms with Crippen LogP contribution >= 0.6 is 0 Å². The second-order valence-electron chi connectivity index (χ2n) is 6.55. The Morgan fingerprint density at radius 2 is 1.70 bits per heavy atom. The highest BCUT2D eigenvalue weighted by atomic mass is 19.4. The molecular formula is C18H18F5N3O. The van der Waals surface area contributed by atoms with Crippen LogP contribution in [0.15, 0.2) is 35.1 Å². The zero-order chi connectivity index (χ0) is 19.7. The molecule has 27 heavy (non-hydrogen) atoms. The number of benzene rings is 1. The van der Waals surface area contributed by atoms with Crippen molar-refractivity contribution in [2.24, 2.45) is 0 Å². The summed E-state index contributed by atoms with van der Waals surface area (Å²) < 4.78 is 65.3. The Kier molecular flexibility index (Phi) is 5.32. The molecule has 1 aliphatic heterocycles. The molecule has 2 aromatic rings. The molecule has 0 bridgehead atoms. The van der Waals surface area contributed by atoms with Gasteiger partial charge >= 0.3 is 12.1 Å². The van der Waals surface area contributed by atoms with Crippen LogP contribution in [0.5, 0.6) is 0 Å².